The molecule has 2 N–H and O–H groups in total. The van der Waals surface area contributed by atoms with Crippen molar-refractivity contribution in [2.24, 2.45) is 5.73 Å². The van der Waals surface area contributed by atoms with E-state index in [-0.39, 0.29) is 20.9 Å². The summed E-state index contributed by atoms with van der Waals surface area (Å²) in [6.45, 7) is 2.06. The van der Waals surface area contributed by atoms with E-state index in [2.05, 4.69) is 19.1 Å². The molecule has 1 rings (SSSR count). The van der Waals surface area contributed by atoms with Crippen LogP contribution in [0.15, 0.2) is 24.3 Å². The van der Waals surface area contributed by atoms with Crippen molar-refractivity contribution in [2.75, 3.05) is 7.11 Å². The van der Waals surface area contributed by atoms with Gasteiger partial charge in [-0.1, -0.05) is 0 Å². The molecule has 1 aromatic rings. The van der Waals surface area contributed by atoms with Crippen LogP contribution < -0.4 is 14.1 Å². The first-order valence-electron chi connectivity index (χ1n) is 4.25. The van der Waals surface area contributed by atoms with E-state index in [0.717, 1.165) is 10.2 Å². The molecule has 1 unspecified atom stereocenters. The van der Waals surface area contributed by atoms with Crippen molar-refractivity contribution < 1.29 is 4.74 Å². The predicted molar refractivity (Wildman–Crippen MR) is 56.8 cm³/mol. The summed E-state index contributed by atoms with van der Waals surface area (Å²) in [4.78, 5) is 0. The number of methoxy groups -OCH3 is 1. The SMILES string of the molecule is COc1ccc([Te]CC(C)N)cc1. The third kappa shape index (κ3) is 3.99. The first-order valence-corrected chi connectivity index (χ1v) is 7.06. The summed E-state index contributed by atoms with van der Waals surface area (Å²) in [5, 5.41) is 0. The van der Waals surface area contributed by atoms with Crippen LogP contribution in [0.4, 0.5) is 0 Å². The fourth-order valence-electron chi connectivity index (χ4n) is 0.900. The van der Waals surface area contributed by atoms with Crippen LogP contribution in [0.5, 0.6) is 5.75 Å². The number of nitrogens with two attached hydrogens (primary N) is 1. The zero-order valence-electron chi connectivity index (χ0n) is 7.99. The molecule has 0 spiro atoms. The molecular formula is C10H15NOTe. The van der Waals surface area contributed by atoms with Crippen LogP contribution in [-0.2, 0) is 0 Å². The van der Waals surface area contributed by atoms with Gasteiger partial charge in [0.25, 0.3) is 0 Å². The van der Waals surface area contributed by atoms with Crippen LogP contribution in [0.25, 0.3) is 0 Å². The maximum atomic E-state index is 5.70. The van der Waals surface area contributed by atoms with Crippen LogP contribution in [0, 0.1) is 0 Å². The molecule has 0 bridgehead atoms. The minimum atomic E-state index is -0.0859. The predicted octanol–water partition coefficient (Wildman–Crippen LogP) is 0.790. The molecule has 72 valence electrons. The molecule has 0 saturated heterocycles. The van der Waals surface area contributed by atoms with Gasteiger partial charge in [-0.3, -0.25) is 0 Å². The van der Waals surface area contributed by atoms with Crippen molar-refractivity contribution in [2.45, 2.75) is 17.4 Å². The zero-order valence-corrected chi connectivity index (χ0v) is 10.3. The number of hydrogen-bond donors (Lipinski definition) is 1. The van der Waals surface area contributed by atoms with Gasteiger partial charge in [0.1, 0.15) is 0 Å². The molecule has 13 heavy (non-hydrogen) atoms. The second-order valence-corrected chi connectivity index (χ2v) is 6.08. The Bertz CT molecular complexity index is 246. The van der Waals surface area contributed by atoms with E-state index in [9.17, 15) is 0 Å². The van der Waals surface area contributed by atoms with Gasteiger partial charge < -0.3 is 0 Å². The van der Waals surface area contributed by atoms with Gasteiger partial charge in [-0.15, -0.1) is 0 Å². The topological polar surface area (TPSA) is 35.2 Å². The molecule has 2 nitrogen and oxygen atoms in total. The zero-order chi connectivity index (χ0) is 9.68. The van der Waals surface area contributed by atoms with E-state index in [1.807, 2.05) is 12.1 Å². The Hall–Kier alpha value is -0.230. The summed E-state index contributed by atoms with van der Waals surface area (Å²) < 4.78 is 7.70. The quantitative estimate of drug-likeness (QED) is 0.833. The van der Waals surface area contributed by atoms with Crippen molar-refractivity contribution in [1.82, 2.24) is 0 Å². The molecule has 0 aliphatic rings. The van der Waals surface area contributed by atoms with Crippen molar-refractivity contribution >= 4 is 24.5 Å². The van der Waals surface area contributed by atoms with Gasteiger partial charge in [0, 0.05) is 0 Å². The molecule has 1 aromatic carbocycles. The second kappa shape index (κ2) is 5.49. The fourth-order valence-corrected chi connectivity index (χ4v) is 3.14. The summed E-state index contributed by atoms with van der Waals surface area (Å²) >= 11 is -0.0859. The molecule has 0 saturated carbocycles. The van der Waals surface area contributed by atoms with Crippen molar-refractivity contribution in [3.8, 4) is 5.75 Å². The molecule has 3 heteroatoms. The average molecular weight is 293 g/mol. The van der Waals surface area contributed by atoms with Crippen molar-refractivity contribution in [1.29, 1.82) is 0 Å². The van der Waals surface area contributed by atoms with Crippen LogP contribution in [0.2, 0.25) is 4.47 Å². The van der Waals surface area contributed by atoms with E-state index in [4.69, 9.17) is 10.5 Å². The first-order chi connectivity index (χ1) is 6.22. The number of ether oxygens (including phenoxy) is 1. The Morgan fingerprint density at radius 3 is 2.46 bits per heavy atom. The number of benzene rings is 1. The standard InChI is InChI=1S/C10H15NOTe/c1-8(11)7-13-10-5-3-9(12-2)4-6-10/h3-6,8H,7,11H2,1-2H3. The average Bonchev–Trinajstić information content (AvgIpc) is 2.15. The first kappa shape index (κ1) is 10.8. The third-order valence-corrected chi connectivity index (χ3v) is 5.28. The summed E-state index contributed by atoms with van der Waals surface area (Å²) in [7, 11) is 1.69. The number of hydrogen-bond acceptors (Lipinski definition) is 2. The molecule has 0 radical (unpaired) electrons. The molecule has 0 aliphatic carbocycles. The van der Waals surface area contributed by atoms with Crippen LogP contribution >= 0.6 is 0 Å². The normalized spacial score (nSPS) is 12.5. The fraction of sp³-hybridized carbons (Fsp3) is 0.400. The Morgan fingerprint density at radius 2 is 2.00 bits per heavy atom. The maximum absolute atomic E-state index is 5.70. The molecule has 0 aliphatic heterocycles. The second-order valence-electron chi connectivity index (χ2n) is 2.96. The molecule has 0 amide bonds. The third-order valence-electron chi connectivity index (χ3n) is 1.57. The van der Waals surface area contributed by atoms with E-state index in [0.29, 0.717) is 6.04 Å². The minimum absolute atomic E-state index is 0.0859. The van der Waals surface area contributed by atoms with Gasteiger partial charge in [0.05, 0.1) is 0 Å². The van der Waals surface area contributed by atoms with Gasteiger partial charge in [0.2, 0.25) is 0 Å². The Balaban J connectivity index is 2.49. The monoisotopic (exact) mass is 295 g/mol. The van der Waals surface area contributed by atoms with Gasteiger partial charge >= 0.3 is 89.6 Å². The summed E-state index contributed by atoms with van der Waals surface area (Å²) in [5.41, 5.74) is 5.70. The molecular weight excluding hydrogens is 278 g/mol. The Labute approximate surface area is 89.5 Å². The van der Waals surface area contributed by atoms with Crippen molar-refractivity contribution in [3.05, 3.63) is 24.3 Å². The Morgan fingerprint density at radius 1 is 1.38 bits per heavy atom. The van der Waals surface area contributed by atoms with Crippen LogP contribution in [0.3, 0.4) is 0 Å². The number of rotatable bonds is 4. The van der Waals surface area contributed by atoms with Crippen LogP contribution in [-0.4, -0.2) is 34.1 Å². The van der Waals surface area contributed by atoms with Crippen molar-refractivity contribution in [3.63, 3.8) is 0 Å². The van der Waals surface area contributed by atoms with Gasteiger partial charge in [-0.25, -0.2) is 0 Å². The van der Waals surface area contributed by atoms with Gasteiger partial charge in [-0.2, -0.15) is 0 Å². The Kier molecular flexibility index (Phi) is 4.58. The summed E-state index contributed by atoms with van der Waals surface area (Å²) in [6.07, 6.45) is 0. The molecule has 0 heterocycles. The van der Waals surface area contributed by atoms with E-state index in [1.54, 1.807) is 7.11 Å². The molecule has 1 atom stereocenters. The molecule has 0 fully saturated rings. The van der Waals surface area contributed by atoms with Gasteiger partial charge in [0.15, 0.2) is 0 Å². The van der Waals surface area contributed by atoms with Gasteiger partial charge in [-0.05, 0) is 0 Å². The van der Waals surface area contributed by atoms with E-state index in [1.165, 1.54) is 3.61 Å². The molecule has 0 aromatic heterocycles. The van der Waals surface area contributed by atoms with Crippen LogP contribution in [0.1, 0.15) is 6.92 Å². The van der Waals surface area contributed by atoms with E-state index >= 15 is 0 Å². The summed E-state index contributed by atoms with van der Waals surface area (Å²) in [6, 6.07) is 8.65. The summed E-state index contributed by atoms with van der Waals surface area (Å²) in [5.74, 6) is 0.928. The van der Waals surface area contributed by atoms with E-state index < -0.39 is 0 Å².